The molecule has 3 heterocycles. The quantitative estimate of drug-likeness (QED) is 0.169. The molecule has 0 radical (unpaired) electrons. The van der Waals surface area contributed by atoms with Crippen LogP contribution in [-0.4, -0.2) is 28.2 Å². The number of esters is 1. The molecule has 4 aromatic rings. The molecule has 0 saturated carbocycles. The van der Waals surface area contributed by atoms with Gasteiger partial charge in [0.1, 0.15) is 17.3 Å². The predicted molar refractivity (Wildman–Crippen MR) is 153 cm³/mol. The zero-order valence-electron chi connectivity index (χ0n) is 22.8. The van der Waals surface area contributed by atoms with Crippen LogP contribution in [0.2, 0.25) is 0 Å². The number of nitro benzene ring substituents is 1. The lowest BCUT2D eigenvalue weighted by Crippen LogP contribution is -2.40. The lowest BCUT2D eigenvalue weighted by Gasteiger charge is -2.25. The Labute approximate surface area is 238 Å². The van der Waals surface area contributed by atoms with Crippen molar-refractivity contribution in [3.63, 3.8) is 0 Å². The van der Waals surface area contributed by atoms with Crippen LogP contribution in [0, 0.1) is 10.1 Å². The van der Waals surface area contributed by atoms with Crippen molar-refractivity contribution >= 4 is 29.1 Å². The standard InChI is InChI=1S/C30H27N3O7S/c1-5-38-22-11-9-19(10-12-22)27-26(29(35)39-17(2)3)18(4)31-30-32(27)28(34)25(41-30)16-23-13-14-24(40-23)20-7-6-8-21(15-20)33(36)37/h6-17,27H,5H2,1-4H3/b25-16+/t27-/m1/s1. The number of nitrogens with zero attached hydrogens (tertiary/aromatic N) is 3. The lowest BCUT2D eigenvalue weighted by molar-refractivity contribution is -0.384. The minimum atomic E-state index is -0.757. The summed E-state index contributed by atoms with van der Waals surface area (Å²) >= 11 is 1.18. The number of non-ortho nitro benzene ring substituents is 1. The molecule has 210 valence electrons. The van der Waals surface area contributed by atoms with Crippen molar-refractivity contribution in [2.45, 2.75) is 39.8 Å². The van der Waals surface area contributed by atoms with E-state index in [9.17, 15) is 19.7 Å². The van der Waals surface area contributed by atoms with Gasteiger partial charge in [-0.3, -0.25) is 19.5 Å². The summed E-state index contributed by atoms with van der Waals surface area (Å²) in [5.74, 6) is 0.953. The summed E-state index contributed by atoms with van der Waals surface area (Å²) in [7, 11) is 0. The first kappa shape index (κ1) is 27.8. The third-order valence-electron chi connectivity index (χ3n) is 6.33. The minimum absolute atomic E-state index is 0.0507. The van der Waals surface area contributed by atoms with E-state index >= 15 is 0 Å². The van der Waals surface area contributed by atoms with Crippen molar-refractivity contribution in [2.75, 3.05) is 6.61 Å². The van der Waals surface area contributed by atoms with E-state index in [1.165, 1.54) is 28.0 Å². The molecule has 1 aliphatic rings. The van der Waals surface area contributed by atoms with Crippen LogP contribution in [0.3, 0.4) is 0 Å². The number of thiazole rings is 1. The maximum absolute atomic E-state index is 13.8. The fraction of sp³-hybridized carbons (Fsp3) is 0.233. The third kappa shape index (κ3) is 5.62. The molecule has 0 fully saturated rings. The van der Waals surface area contributed by atoms with Gasteiger partial charge in [0.15, 0.2) is 4.80 Å². The van der Waals surface area contributed by atoms with Crippen LogP contribution in [-0.2, 0) is 9.53 Å². The van der Waals surface area contributed by atoms with Gasteiger partial charge in [0.05, 0.1) is 39.5 Å². The van der Waals surface area contributed by atoms with Crippen molar-refractivity contribution < 1.29 is 23.6 Å². The molecular formula is C30H27N3O7S. The van der Waals surface area contributed by atoms with Gasteiger partial charge in [-0.1, -0.05) is 35.6 Å². The van der Waals surface area contributed by atoms with Crippen molar-refractivity contribution in [1.82, 2.24) is 4.57 Å². The second-order valence-corrected chi connectivity index (χ2v) is 10.6. The van der Waals surface area contributed by atoms with Gasteiger partial charge in [-0.05, 0) is 57.5 Å². The number of hydrogen-bond acceptors (Lipinski definition) is 9. The zero-order valence-corrected chi connectivity index (χ0v) is 23.6. The van der Waals surface area contributed by atoms with E-state index in [1.54, 1.807) is 63.2 Å². The van der Waals surface area contributed by atoms with E-state index in [1.807, 2.05) is 19.1 Å². The maximum atomic E-state index is 13.8. The molecule has 41 heavy (non-hydrogen) atoms. The molecule has 0 spiro atoms. The lowest BCUT2D eigenvalue weighted by atomic mass is 9.96. The molecule has 2 aromatic carbocycles. The summed E-state index contributed by atoms with van der Waals surface area (Å²) in [6, 6.07) is 16.0. The Balaban J connectivity index is 1.60. The van der Waals surface area contributed by atoms with Crippen molar-refractivity contribution in [2.24, 2.45) is 4.99 Å². The van der Waals surface area contributed by atoms with Crippen LogP contribution in [0.25, 0.3) is 17.4 Å². The van der Waals surface area contributed by atoms with E-state index in [0.717, 1.165) is 0 Å². The molecule has 1 atom stereocenters. The monoisotopic (exact) mass is 573 g/mol. The highest BCUT2D eigenvalue weighted by Gasteiger charge is 2.33. The highest BCUT2D eigenvalue weighted by atomic mass is 32.1. The number of nitro groups is 1. The average Bonchev–Trinajstić information content (AvgIpc) is 3.52. The van der Waals surface area contributed by atoms with Crippen LogP contribution < -0.4 is 19.6 Å². The van der Waals surface area contributed by atoms with Gasteiger partial charge < -0.3 is 13.9 Å². The van der Waals surface area contributed by atoms with Gasteiger partial charge >= 0.3 is 5.97 Å². The van der Waals surface area contributed by atoms with Gasteiger partial charge in [-0.25, -0.2) is 9.79 Å². The molecule has 0 N–H and O–H groups in total. The van der Waals surface area contributed by atoms with Crippen LogP contribution in [0.4, 0.5) is 5.69 Å². The van der Waals surface area contributed by atoms with Gasteiger partial charge in [-0.2, -0.15) is 0 Å². The fourth-order valence-electron chi connectivity index (χ4n) is 4.58. The fourth-order valence-corrected chi connectivity index (χ4v) is 5.60. The Kier molecular flexibility index (Phi) is 7.71. The second-order valence-electron chi connectivity index (χ2n) is 9.55. The van der Waals surface area contributed by atoms with E-state index < -0.39 is 16.9 Å². The molecule has 0 aliphatic carbocycles. The van der Waals surface area contributed by atoms with Gasteiger partial charge in [-0.15, -0.1) is 0 Å². The first-order valence-electron chi connectivity index (χ1n) is 13.0. The summed E-state index contributed by atoms with van der Waals surface area (Å²) in [6.45, 7) is 7.66. The molecule has 11 heteroatoms. The van der Waals surface area contributed by atoms with Crippen LogP contribution in [0.1, 0.15) is 45.1 Å². The number of allylic oxidation sites excluding steroid dienone is 1. The first-order valence-corrected chi connectivity index (χ1v) is 13.8. The first-order chi connectivity index (χ1) is 19.7. The Morgan fingerprint density at radius 1 is 1.20 bits per heavy atom. The largest absolute Gasteiger partial charge is 0.494 e. The number of carbonyl (C=O) groups excluding carboxylic acids is 1. The smallest absolute Gasteiger partial charge is 0.338 e. The zero-order chi connectivity index (χ0) is 29.3. The number of ether oxygens (including phenoxy) is 2. The Bertz CT molecular complexity index is 1850. The Hall–Kier alpha value is -4.77. The highest BCUT2D eigenvalue weighted by molar-refractivity contribution is 7.07. The van der Waals surface area contributed by atoms with Crippen LogP contribution in [0.5, 0.6) is 5.75 Å². The number of furan rings is 1. The molecule has 0 saturated heterocycles. The van der Waals surface area contributed by atoms with Gasteiger partial charge in [0.25, 0.3) is 11.2 Å². The van der Waals surface area contributed by atoms with E-state index in [0.29, 0.717) is 50.0 Å². The SMILES string of the molecule is CCOc1ccc([C@@H]2C(C(=O)OC(C)C)=C(C)N=c3s/c(=C/c4ccc(-c5cccc([N+](=O)[O-])c5)o4)c(=O)n32)cc1. The number of carbonyl (C=O) groups is 1. The summed E-state index contributed by atoms with van der Waals surface area (Å²) in [5, 5.41) is 11.2. The molecule has 10 nitrogen and oxygen atoms in total. The number of hydrogen-bond donors (Lipinski definition) is 0. The maximum Gasteiger partial charge on any atom is 0.338 e. The number of aromatic nitrogens is 1. The van der Waals surface area contributed by atoms with E-state index in [-0.39, 0.29) is 22.9 Å². The number of benzene rings is 2. The summed E-state index contributed by atoms with van der Waals surface area (Å²) < 4.78 is 18.9. The van der Waals surface area contributed by atoms with E-state index in [4.69, 9.17) is 13.9 Å². The Morgan fingerprint density at radius 2 is 1.95 bits per heavy atom. The normalized spacial score (nSPS) is 15.0. The molecular weight excluding hydrogens is 546 g/mol. The van der Waals surface area contributed by atoms with Crippen LogP contribution in [0.15, 0.2) is 86.1 Å². The number of fused-ring (bicyclic) bond motifs is 1. The average molecular weight is 574 g/mol. The minimum Gasteiger partial charge on any atom is -0.494 e. The van der Waals surface area contributed by atoms with Crippen molar-refractivity contribution in [3.8, 4) is 17.1 Å². The summed E-state index contributed by atoms with van der Waals surface area (Å²) in [6.07, 6.45) is 1.25. The Morgan fingerprint density at radius 3 is 2.63 bits per heavy atom. The number of rotatable bonds is 8. The van der Waals surface area contributed by atoms with Crippen LogP contribution >= 0.6 is 11.3 Å². The molecule has 0 bridgehead atoms. The van der Waals surface area contributed by atoms with Gasteiger partial charge in [0, 0.05) is 23.8 Å². The van der Waals surface area contributed by atoms with Crippen molar-refractivity contribution in [3.05, 3.63) is 113 Å². The molecule has 0 amide bonds. The van der Waals surface area contributed by atoms with Crippen molar-refractivity contribution in [1.29, 1.82) is 0 Å². The third-order valence-corrected chi connectivity index (χ3v) is 7.32. The topological polar surface area (TPSA) is 126 Å². The molecule has 0 unspecified atom stereocenters. The summed E-state index contributed by atoms with van der Waals surface area (Å²) in [5.41, 5.74) is 1.60. The molecule has 1 aliphatic heterocycles. The van der Waals surface area contributed by atoms with E-state index in [2.05, 4.69) is 4.99 Å². The highest BCUT2D eigenvalue weighted by Crippen LogP contribution is 2.32. The molecule has 2 aromatic heterocycles. The van der Waals surface area contributed by atoms with Gasteiger partial charge in [0.2, 0.25) is 0 Å². The summed E-state index contributed by atoms with van der Waals surface area (Å²) in [4.78, 5) is 42.8. The second kappa shape index (κ2) is 11.4. The predicted octanol–water partition coefficient (Wildman–Crippen LogP) is 4.75. The molecule has 5 rings (SSSR count).